The minimum Gasteiger partial charge on any atom is -0.324 e. The summed E-state index contributed by atoms with van der Waals surface area (Å²) >= 11 is 3.43. The van der Waals surface area contributed by atoms with Gasteiger partial charge in [-0.05, 0) is 52.7 Å². The summed E-state index contributed by atoms with van der Waals surface area (Å²) in [5.74, 6) is -0.151. The van der Waals surface area contributed by atoms with Crippen molar-refractivity contribution in [1.29, 1.82) is 0 Å². The number of aryl methyl sites for hydroxylation is 1. The summed E-state index contributed by atoms with van der Waals surface area (Å²) in [6.07, 6.45) is 6.61. The Labute approximate surface area is 131 Å². The highest BCUT2D eigenvalue weighted by molar-refractivity contribution is 9.12. The number of ketones is 1. The molecule has 1 aromatic rings. The number of halogens is 1. The van der Waals surface area contributed by atoms with Gasteiger partial charge in [0.15, 0.2) is 5.78 Å². The van der Waals surface area contributed by atoms with Crippen molar-refractivity contribution < 1.29 is 9.59 Å². The Hall–Kier alpha value is -1.94. The van der Waals surface area contributed by atoms with E-state index < -0.39 is 5.54 Å². The smallest absolute Gasteiger partial charge is 0.262 e. The first-order chi connectivity index (χ1) is 9.95. The number of hydrogen-bond donors (Lipinski definition) is 0. The van der Waals surface area contributed by atoms with Gasteiger partial charge < -0.3 is 4.90 Å². The minimum atomic E-state index is -0.695. The highest BCUT2D eigenvalue weighted by atomic mass is 79.9. The summed E-state index contributed by atoms with van der Waals surface area (Å²) in [4.78, 5) is 25.5. The Balaban J connectivity index is 2.21. The minimum absolute atomic E-state index is 0.0623. The zero-order chi connectivity index (χ0) is 15.2. The molecule has 0 radical (unpaired) electrons. The van der Waals surface area contributed by atoms with E-state index in [1.165, 1.54) is 12.2 Å². The fourth-order valence-electron chi connectivity index (χ4n) is 2.76. The molecule has 21 heavy (non-hydrogen) atoms. The molecule has 3 nitrogen and oxygen atoms in total. The molecular weight excluding hydrogens is 330 g/mol. The van der Waals surface area contributed by atoms with Gasteiger partial charge in [0.1, 0.15) is 5.54 Å². The summed E-state index contributed by atoms with van der Waals surface area (Å²) < 4.78 is 0.539. The second-order valence-electron chi connectivity index (χ2n) is 5.31. The highest BCUT2D eigenvalue weighted by Gasteiger charge is 2.47. The third kappa shape index (κ3) is 2.02. The number of nitrogens with zero attached hydrogens (tertiary/aromatic N) is 1. The predicted octanol–water partition coefficient (Wildman–Crippen LogP) is 3.01. The van der Waals surface area contributed by atoms with Crippen molar-refractivity contribution in [3.63, 3.8) is 0 Å². The monoisotopic (exact) mass is 343 g/mol. The standard InChI is InChI=1S/C17H14BrNO2/c1-11-3-5-12(6-4-11)14-15(18)16(21)19(2)17(14)9-7-13(20)8-10-17/h3-10H,1-2H3. The molecule has 2 aliphatic rings. The summed E-state index contributed by atoms with van der Waals surface area (Å²) in [7, 11) is 1.75. The molecule has 3 rings (SSSR count). The van der Waals surface area contributed by atoms with Crippen molar-refractivity contribution in [2.75, 3.05) is 7.05 Å². The second-order valence-corrected chi connectivity index (χ2v) is 6.11. The van der Waals surface area contributed by atoms with Crippen LogP contribution in [0.15, 0.2) is 53.1 Å². The van der Waals surface area contributed by atoms with Gasteiger partial charge in [0.25, 0.3) is 5.91 Å². The summed E-state index contributed by atoms with van der Waals surface area (Å²) in [6.45, 7) is 2.02. The number of amides is 1. The maximum absolute atomic E-state index is 12.4. The number of rotatable bonds is 1. The van der Waals surface area contributed by atoms with Gasteiger partial charge >= 0.3 is 0 Å². The van der Waals surface area contributed by atoms with E-state index in [9.17, 15) is 9.59 Å². The Morgan fingerprint density at radius 3 is 2.19 bits per heavy atom. The third-order valence-electron chi connectivity index (χ3n) is 4.01. The molecule has 1 aliphatic heterocycles. The van der Waals surface area contributed by atoms with E-state index in [1.54, 1.807) is 24.1 Å². The van der Waals surface area contributed by atoms with Crippen LogP contribution >= 0.6 is 15.9 Å². The Kier molecular flexibility index (Phi) is 3.21. The Bertz CT molecular complexity index is 710. The SMILES string of the molecule is Cc1ccc(C2=C(Br)C(=O)N(C)C23C=CC(=O)C=C3)cc1. The third-order valence-corrected chi connectivity index (χ3v) is 4.75. The van der Waals surface area contributed by atoms with E-state index in [2.05, 4.69) is 15.9 Å². The van der Waals surface area contributed by atoms with E-state index >= 15 is 0 Å². The number of benzene rings is 1. The number of carbonyl (C=O) groups is 2. The summed E-state index contributed by atoms with van der Waals surface area (Å²) in [5.41, 5.74) is 2.30. The number of allylic oxidation sites excluding steroid dienone is 2. The first kappa shape index (κ1) is 14.0. The van der Waals surface area contributed by atoms with Gasteiger partial charge in [0.05, 0.1) is 4.48 Å². The fraction of sp³-hybridized carbons (Fsp3) is 0.176. The quantitative estimate of drug-likeness (QED) is 0.785. The molecule has 1 spiro atoms. The molecule has 0 saturated heterocycles. The van der Waals surface area contributed by atoms with Gasteiger partial charge in [0.2, 0.25) is 0 Å². The lowest BCUT2D eigenvalue weighted by molar-refractivity contribution is -0.125. The van der Waals surface area contributed by atoms with Crippen LogP contribution in [0, 0.1) is 6.92 Å². The molecule has 0 aromatic heterocycles. The van der Waals surface area contributed by atoms with Crippen LogP contribution in [0.2, 0.25) is 0 Å². The van der Waals surface area contributed by atoms with Crippen molar-refractivity contribution >= 4 is 33.2 Å². The topological polar surface area (TPSA) is 37.4 Å². The van der Waals surface area contributed by atoms with Crippen molar-refractivity contribution in [2.45, 2.75) is 12.5 Å². The molecule has 0 bridgehead atoms. The van der Waals surface area contributed by atoms with Crippen LogP contribution in [0.3, 0.4) is 0 Å². The molecule has 1 heterocycles. The lowest BCUT2D eigenvalue weighted by atomic mass is 9.82. The normalized spacial score (nSPS) is 20.0. The fourth-order valence-corrected chi connectivity index (χ4v) is 3.58. The Morgan fingerprint density at radius 2 is 1.62 bits per heavy atom. The van der Waals surface area contributed by atoms with Crippen LogP contribution in [-0.2, 0) is 9.59 Å². The van der Waals surface area contributed by atoms with Crippen LogP contribution < -0.4 is 0 Å². The highest BCUT2D eigenvalue weighted by Crippen LogP contribution is 2.46. The van der Waals surface area contributed by atoms with Gasteiger partial charge in [0, 0.05) is 12.6 Å². The van der Waals surface area contributed by atoms with E-state index in [0.29, 0.717) is 4.48 Å². The van der Waals surface area contributed by atoms with Crippen LogP contribution in [-0.4, -0.2) is 29.2 Å². The second kappa shape index (κ2) is 4.81. The molecule has 106 valence electrons. The largest absolute Gasteiger partial charge is 0.324 e. The Morgan fingerprint density at radius 1 is 1.05 bits per heavy atom. The van der Waals surface area contributed by atoms with Crippen molar-refractivity contribution in [1.82, 2.24) is 4.90 Å². The first-order valence-corrected chi connectivity index (χ1v) is 7.43. The van der Waals surface area contributed by atoms with Gasteiger partial charge in [-0.2, -0.15) is 0 Å². The van der Waals surface area contributed by atoms with Crippen LogP contribution in [0.4, 0.5) is 0 Å². The number of hydrogen-bond acceptors (Lipinski definition) is 2. The summed E-state index contributed by atoms with van der Waals surface area (Å²) in [6, 6.07) is 8.03. The molecule has 1 aliphatic carbocycles. The molecule has 1 amide bonds. The molecular formula is C17H14BrNO2. The van der Waals surface area contributed by atoms with Crippen LogP contribution in [0.25, 0.3) is 5.57 Å². The van der Waals surface area contributed by atoms with Crippen LogP contribution in [0.5, 0.6) is 0 Å². The van der Waals surface area contributed by atoms with Crippen molar-refractivity contribution in [3.8, 4) is 0 Å². The van der Waals surface area contributed by atoms with Gasteiger partial charge in [-0.3, -0.25) is 9.59 Å². The van der Waals surface area contributed by atoms with E-state index in [1.807, 2.05) is 31.2 Å². The maximum Gasteiger partial charge on any atom is 0.262 e. The van der Waals surface area contributed by atoms with Crippen molar-refractivity contribution in [2.24, 2.45) is 0 Å². The molecule has 0 N–H and O–H groups in total. The van der Waals surface area contributed by atoms with Crippen LogP contribution in [0.1, 0.15) is 11.1 Å². The van der Waals surface area contributed by atoms with E-state index in [0.717, 1.165) is 16.7 Å². The number of likely N-dealkylation sites (N-methyl/N-ethyl adjacent to an activating group) is 1. The van der Waals surface area contributed by atoms with Crippen molar-refractivity contribution in [3.05, 3.63) is 64.2 Å². The maximum atomic E-state index is 12.4. The molecule has 0 unspecified atom stereocenters. The molecule has 4 heteroatoms. The molecule has 0 fully saturated rings. The van der Waals surface area contributed by atoms with E-state index in [4.69, 9.17) is 0 Å². The lowest BCUT2D eigenvalue weighted by Gasteiger charge is -2.34. The molecule has 1 aromatic carbocycles. The van der Waals surface area contributed by atoms with Gasteiger partial charge in [-0.15, -0.1) is 0 Å². The molecule has 0 atom stereocenters. The average Bonchev–Trinajstić information content (AvgIpc) is 2.66. The zero-order valence-electron chi connectivity index (χ0n) is 11.8. The average molecular weight is 344 g/mol. The number of carbonyl (C=O) groups excluding carboxylic acids is 2. The first-order valence-electron chi connectivity index (χ1n) is 6.63. The summed E-state index contributed by atoms with van der Waals surface area (Å²) in [5, 5.41) is 0. The zero-order valence-corrected chi connectivity index (χ0v) is 13.3. The predicted molar refractivity (Wildman–Crippen MR) is 85.8 cm³/mol. The van der Waals surface area contributed by atoms with Gasteiger partial charge in [-0.1, -0.05) is 29.8 Å². The molecule has 0 saturated carbocycles. The van der Waals surface area contributed by atoms with Gasteiger partial charge in [-0.25, -0.2) is 0 Å². The van der Waals surface area contributed by atoms with E-state index in [-0.39, 0.29) is 11.7 Å². The lowest BCUT2D eigenvalue weighted by Crippen LogP contribution is -2.43.